The molecule has 0 aromatic heterocycles. The van der Waals surface area contributed by atoms with E-state index in [9.17, 15) is 0 Å². The molecule has 0 bridgehead atoms. The molecule has 0 heterocycles. The van der Waals surface area contributed by atoms with Crippen LogP contribution in [-0.2, 0) is 0 Å². The Morgan fingerprint density at radius 1 is 1.71 bits per heavy atom. The second-order valence-corrected chi connectivity index (χ2v) is 1.33. The van der Waals surface area contributed by atoms with Gasteiger partial charge in [0.2, 0.25) is 0 Å². The number of rotatable bonds is 3. The molecule has 0 aliphatic heterocycles. The summed E-state index contributed by atoms with van der Waals surface area (Å²) in [6.45, 7) is 2.92. The highest BCUT2D eigenvalue weighted by Gasteiger charge is 1.84. The van der Waals surface area contributed by atoms with E-state index in [0.717, 1.165) is 6.54 Å². The van der Waals surface area contributed by atoms with Crippen LogP contribution in [0.25, 0.3) is 0 Å². The predicted octanol–water partition coefficient (Wildman–Crippen LogP) is -0.607. The molecule has 0 saturated carbocycles. The van der Waals surface area contributed by atoms with E-state index in [0.29, 0.717) is 0 Å². The molecule has 0 fully saturated rings. The van der Waals surface area contributed by atoms with Crippen molar-refractivity contribution in [3.8, 4) is 0 Å². The summed E-state index contributed by atoms with van der Waals surface area (Å²) >= 11 is 0. The van der Waals surface area contributed by atoms with Crippen LogP contribution in [-0.4, -0.2) is 30.4 Å². The van der Waals surface area contributed by atoms with E-state index >= 15 is 0 Å². The zero-order valence-corrected chi connectivity index (χ0v) is 4.81. The Bertz CT molecular complexity index is 40.7. The van der Waals surface area contributed by atoms with E-state index in [1.165, 1.54) is 0 Å². The summed E-state index contributed by atoms with van der Waals surface area (Å²) in [7, 11) is 1.87. The molecule has 0 rings (SSSR count). The lowest BCUT2D eigenvalue weighted by atomic mass is 10.7. The molecule has 2 N–H and O–H groups in total. The number of hydrazine groups is 1. The molecule has 0 aromatic carbocycles. The van der Waals surface area contributed by atoms with Gasteiger partial charge in [-0.05, 0) is 0 Å². The first kappa shape index (κ1) is 6.88. The van der Waals surface area contributed by atoms with Gasteiger partial charge in [-0.15, -0.1) is 0 Å². The summed E-state index contributed by atoms with van der Waals surface area (Å²) in [5.41, 5.74) is 2.68. The van der Waals surface area contributed by atoms with Crippen LogP contribution >= 0.6 is 0 Å². The Morgan fingerprint density at radius 2 is 2.29 bits per heavy atom. The Kier molecular flexibility index (Phi) is 3.98. The van der Waals surface area contributed by atoms with Crippen molar-refractivity contribution in [3.05, 3.63) is 0 Å². The third-order valence-electron chi connectivity index (χ3n) is 0.815. The Morgan fingerprint density at radius 3 is 2.43 bits per heavy atom. The van der Waals surface area contributed by atoms with E-state index in [1.54, 1.807) is 5.01 Å². The quantitative estimate of drug-likeness (QED) is 0.370. The number of aliphatic hydroxyl groups excluding tert-OH is 1. The van der Waals surface area contributed by atoms with Gasteiger partial charge in [-0.2, -0.15) is 0 Å². The molecular weight excluding hydrogens is 92.1 g/mol. The summed E-state index contributed by atoms with van der Waals surface area (Å²) in [5, 5.41) is 10.0. The van der Waals surface area contributed by atoms with Crippen LogP contribution in [0.2, 0.25) is 0 Å². The zero-order valence-electron chi connectivity index (χ0n) is 4.81. The van der Waals surface area contributed by atoms with Gasteiger partial charge in [0.25, 0.3) is 0 Å². The highest BCUT2D eigenvalue weighted by molar-refractivity contribution is 4.29. The summed E-state index contributed by atoms with van der Waals surface area (Å²) in [5.74, 6) is 0. The maximum absolute atomic E-state index is 8.22. The molecule has 0 radical (unpaired) electrons. The van der Waals surface area contributed by atoms with E-state index in [4.69, 9.17) is 5.11 Å². The number of aliphatic hydroxyl groups is 1. The fourth-order valence-electron chi connectivity index (χ4n) is 0.233. The first-order valence-electron chi connectivity index (χ1n) is 2.36. The maximum Gasteiger partial charge on any atom is 0.106 e. The largest absolute Gasteiger partial charge is 0.380 e. The minimum Gasteiger partial charge on any atom is -0.380 e. The lowest BCUT2D eigenvalue weighted by Gasteiger charge is -2.11. The SMILES string of the molecule is CCN(C)NCO. The maximum atomic E-state index is 8.22. The third-order valence-corrected chi connectivity index (χ3v) is 0.815. The van der Waals surface area contributed by atoms with Gasteiger partial charge >= 0.3 is 0 Å². The van der Waals surface area contributed by atoms with Gasteiger partial charge in [-0.3, -0.25) is 0 Å². The summed E-state index contributed by atoms with van der Waals surface area (Å²) in [4.78, 5) is 0. The Balaban J connectivity index is 2.83. The Labute approximate surface area is 43.9 Å². The lowest BCUT2D eigenvalue weighted by Crippen LogP contribution is -2.34. The second-order valence-electron chi connectivity index (χ2n) is 1.33. The molecule has 0 unspecified atom stereocenters. The molecule has 0 aromatic rings. The Hall–Kier alpha value is -0.120. The molecule has 0 atom stereocenters. The van der Waals surface area contributed by atoms with Crippen LogP contribution in [0.4, 0.5) is 0 Å². The van der Waals surface area contributed by atoms with Gasteiger partial charge < -0.3 is 5.11 Å². The van der Waals surface area contributed by atoms with Crippen LogP contribution in [0.15, 0.2) is 0 Å². The molecule has 3 nitrogen and oxygen atoms in total. The van der Waals surface area contributed by atoms with Gasteiger partial charge in [0.05, 0.1) is 0 Å². The topological polar surface area (TPSA) is 35.5 Å². The molecule has 0 aliphatic carbocycles. The van der Waals surface area contributed by atoms with Crippen molar-refractivity contribution in [2.24, 2.45) is 0 Å². The van der Waals surface area contributed by atoms with Crippen molar-refractivity contribution in [2.75, 3.05) is 20.3 Å². The molecule has 3 heteroatoms. The van der Waals surface area contributed by atoms with Crippen LogP contribution in [0.1, 0.15) is 6.92 Å². The van der Waals surface area contributed by atoms with Crippen molar-refractivity contribution >= 4 is 0 Å². The molecule has 0 saturated heterocycles. The number of nitrogens with zero attached hydrogens (tertiary/aromatic N) is 1. The zero-order chi connectivity index (χ0) is 5.70. The highest BCUT2D eigenvalue weighted by atomic mass is 16.3. The molecule has 0 amide bonds. The van der Waals surface area contributed by atoms with Crippen molar-refractivity contribution in [2.45, 2.75) is 6.92 Å². The van der Waals surface area contributed by atoms with E-state index in [2.05, 4.69) is 5.43 Å². The molecule has 44 valence electrons. The van der Waals surface area contributed by atoms with Crippen LogP contribution < -0.4 is 5.43 Å². The summed E-state index contributed by atoms with van der Waals surface area (Å²) in [6.07, 6.45) is 0. The fraction of sp³-hybridized carbons (Fsp3) is 1.00. The number of hydrogen-bond donors (Lipinski definition) is 2. The van der Waals surface area contributed by atoms with Gasteiger partial charge in [-0.1, -0.05) is 6.92 Å². The van der Waals surface area contributed by atoms with Crippen LogP contribution in [0, 0.1) is 0 Å². The summed E-state index contributed by atoms with van der Waals surface area (Å²) < 4.78 is 0. The molecule has 0 spiro atoms. The minimum absolute atomic E-state index is 0.0182. The molecule has 7 heavy (non-hydrogen) atoms. The van der Waals surface area contributed by atoms with Crippen LogP contribution in [0.5, 0.6) is 0 Å². The smallest absolute Gasteiger partial charge is 0.106 e. The van der Waals surface area contributed by atoms with Crippen molar-refractivity contribution < 1.29 is 5.11 Å². The first-order valence-corrected chi connectivity index (χ1v) is 2.36. The molecular formula is C4H12N2O. The average molecular weight is 104 g/mol. The monoisotopic (exact) mass is 104 g/mol. The lowest BCUT2D eigenvalue weighted by molar-refractivity contribution is 0.141. The fourth-order valence-corrected chi connectivity index (χ4v) is 0.233. The van der Waals surface area contributed by atoms with Crippen molar-refractivity contribution in [3.63, 3.8) is 0 Å². The van der Waals surface area contributed by atoms with Gasteiger partial charge in [0.15, 0.2) is 0 Å². The predicted molar refractivity (Wildman–Crippen MR) is 28.5 cm³/mol. The third kappa shape index (κ3) is 3.72. The second kappa shape index (κ2) is 4.05. The minimum atomic E-state index is 0.0182. The van der Waals surface area contributed by atoms with E-state index in [1.807, 2.05) is 14.0 Å². The highest BCUT2D eigenvalue weighted by Crippen LogP contribution is 1.66. The average Bonchev–Trinajstić information content (AvgIpc) is 1.68. The normalized spacial score (nSPS) is 10.3. The van der Waals surface area contributed by atoms with Gasteiger partial charge in [0, 0.05) is 13.6 Å². The van der Waals surface area contributed by atoms with Gasteiger partial charge in [0.1, 0.15) is 6.73 Å². The number of nitrogens with one attached hydrogen (secondary N) is 1. The first-order chi connectivity index (χ1) is 3.31. The van der Waals surface area contributed by atoms with Gasteiger partial charge in [-0.25, -0.2) is 10.4 Å². The van der Waals surface area contributed by atoms with E-state index < -0.39 is 0 Å². The van der Waals surface area contributed by atoms with E-state index in [-0.39, 0.29) is 6.73 Å². The number of hydrogen-bond acceptors (Lipinski definition) is 3. The summed E-state index contributed by atoms with van der Waals surface area (Å²) in [6, 6.07) is 0. The standard InChI is InChI=1S/C4H12N2O/c1-3-6(2)5-4-7/h5,7H,3-4H2,1-2H3. The van der Waals surface area contributed by atoms with Crippen molar-refractivity contribution in [1.29, 1.82) is 0 Å². The van der Waals surface area contributed by atoms with Crippen LogP contribution in [0.3, 0.4) is 0 Å². The molecule has 0 aliphatic rings. The van der Waals surface area contributed by atoms with Crippen molar-refractivity contribution in [1.82, 2.24) is 10.4 Å².